The number of carbonyl (C=O) groups excluding carboxylic acids is 3. The standard InChI is InChI=1S/C43H61N5O8S/c1-8-28(4)38(46-40(51)35-16-12-13-21-47(35)6)42(52)48(24-30-14-10-9-11-15-30)36(27(2)3)23-37(56-26-55-7)41-45-34(25-57-41)39(50)44-20-19-32(43(53)54)33-22-31(49)18-17-29(33)5/h9-11,14-15,17-18,22,25,27-28,32,35-38,49H,8,12-13,16,19-21,23-24,26H2,1-7H3,(H,44,50)(H,46,51)(H,53,54)/t28?,32-,35?,36-,37-,38?/m1/s1. The first-order valence-electron chi connectivity index (χ1n) is 20.0. The normalized spacial score (nSPS) is 17.3. The summed E-state index contributed by atoms with van der Waals surface area (Å²) in [6.45, 7) is 11.1. The Morgan fingerprint density at radius 2 is 1.82 bits per heavy atom. The highest BCUT2D eigenvalue weighted by Gasteiger charge is 2.38. The number of likely N-dealkylation sites (N-methyl/N-ethyl adjacent to an activating group) is 1. The Kier molecular flexibility index (Phi) is 17.5. The van der Waals surface area contributed by atoms with E-state index in [4.69, 9.17) is 9.47 Å². The van der Waals surface area contributed by atoms with Gasteiger partial charge in [-0.05, 0) is 80.4 Å². The number of phenolic OH excluding ortho intramolecular Hbond substituents is 1. The molecule has 1 aliphatic rings. The first-order valence-corrected chi connectivity index (χ1v) is 20.8. The Hall–Kier alpha value is -4.37. The Morgan fingerprint density at radius 3 is 2.47 bits per heavy atom. The van der Waals surface area contributed by atoms with Crippen molar-refractivity contribution in [1.29, 1.82) is 0 Å². The molecule has 6 atom stereocenters. The Bertz CT molecular complexity index is 1770. The average Bonchev–Trinajstić information content (AvgIpc) is 3.69. The van der Waals surface area contributed by atoms with Crippen molar-refractivity contribution < 1.29 is 38.9 Å². The van der Waals surface area contributed by atoms with Crippen LogP contribution in [0, 0.1) is 18.8 Å². The fourth-order valence-corrected chi connectivity index (χ4v) is 8.26. The van der Waals surface area contributed by atoms with Crippen molar-refractivity contribution in [2.24, 2.45) is 11.8 Å². The van der Waals surface area contributed by atoms with Crippen LogP contribution in [0.1, 0.15) is 110 Å². The topological polar surface area (TPSA) is 171 Å². The number of piperidine rings is 1. The molecule has 312 valence electrons. The van der Waals surface area contributed by atoms with Crippen molar-refractivity contribution in [3.63, 3.8) is 0 Å². The Balaban J connectivity index is 1.58. The molecule has 13 nitrogen and oxygen atoms in total. The summed E-state index contributed by atoms with van der Waals surface area (Å²) in [6.07, 6.45) is 3.25. The molecule has 2 heterocycles. The molecule has 2 aromatic carbocycles. The molecule has 0 saturated carbocycles. The zero-order chi connectivity index (χ0) is 41.6. The molecule has 0 aliphatic carbocycles. The van der Waals surface area contributed by atoms with Crippen LogP contribution in [0.15, 0.2) is 53.9 Å². The van der Waals surface area contributed by atoms with Crippen LogP contribution in [0.3, 0.4) is 0 Å². The minimum atomic E-state index is -1.05. The van der Waals surface area contributed by atoms with Crippen LogP contribution >= 0.6 is 11.3 Å². The summed E-state index contributed by atoms with van der Waals surface area (Å²) < 4.78 is 11.5. The second-order valence-corrected chi connectivity index (χ2v) is 16.4. The van der Waals surface area contributed by atoms with Crippen LogP contribution in [0.5, 0.6) is 5.75 Å². The number of amides is 3. The number of methoxy groups -OCH3 is 1. The first-order chi connectivity index (χ1) is 27.2. The Morgan fingerprint density at radius 1 is 1.09 bits per heavy atom. The number of phenols is 1. The van der Waals surface area contributed by atoms with E-state index in [1.807, 2.05) is 56.1 Å². The lowest BCUT2D eigenvalue weighted by Gasteiger charge is -2.40. The number of hydrogen-bond acceptors (Lipinski definition) is 10. The number of carboxylic acids is 1. The molecule has 0 bridgehead atoms. The van der Waals surface area contributed by atoms with Gasteiger partial charge in [0.1, 0.15) is 35.4 Å². The van der Waals surface area contributed by atoms with Crippen LogP contribution in [0.25, 0.3) is 0 Å². The van der Waals surface area contributed by atoms with Gasteiger partial charge in [-0.1, -0.05) is 76.9 Å². The van der Waals surface area contributed by atoms with Gasteiger partial charge in [0.2, 0.25) is 11.8 Å². The molecule has 4 rings (SSSR count). The molecule has 1 saturated heterocycles. The number of hydrogen-bond donors (Lipinski definition) is 4. The summed E-state index contributed by atoms with van der Waals surface area (Å²) in [4.78, 5) is 62.8. The van der Waals surface area contributed by atoms with Gasteiger partial charge in [0.15, 0.2) is 0 Å². The summed E-state index contributed by atoms with van der Waals surface area (Å²) in [5, 5.41) is 28.0. The summed E-state index contributed by atoms with van der Waals surface area (Å²) in [5.74, 6) is -2.92. The molecule has 0 spiro atoms. The van der Waals surface area contributed by atoms with Gasteiger partial charge in [-0.25, -0.2) is 4.98 Å². The SMILES string of the molecule is CCC(C)C(NC(=O)C1CCCCN1C)C(=O)N(Cc1ccccc1)[C@H](C[C@@H](OCOC)c1nc(C(=O)NCC[C@@H](C(=O)O)c2cc(O)ccc2C)cs1)C(C)C. The maximum atomic E-state index is 15.0. The number of likely N-dealkylation sites (tertiary alicyclic amines) is 1. The van der Waals surface area contributed by atoms with Crippen LogP contribution in [0.4, 0.5) is 0 Å². The number of nitrogens with zero attached hydrogens (tertiary/aromatic N) is 3. The molecule has 1 fully saturated rings. The van der Waals surface area contributed by atoms with Gasteiger partial charge in [-0.15, -0.1) is 11.3 Å². The number of aryl methyl sites for hydroxylation is 1. The van der Waals surface area contributed by atoms with Gasteiger partial charge >= 0.3 is 5.97 Å². The zero-order valence-corrected chi connectivity index (χ0v) is 35.2. The number of carbonyl (C=O) groups is 4. The van der Waals surface area contributed by atoms with Crippen molar-refractivity contribution in [2.45, 2.75) is 110 Å². The fourth-order valence-electron chi connectivity index (χ4n) is 7.40. The number of aliphatic carboxylic acids is 1. The van der Waals surface area contributed by atoms with E-state index in [1.54, 1.807) is 18.4 Å². The zero-order valence-electron chi connectivity index (χ0n) is 34.4. The monoisotopic (exact) mass is 807 g/mol. The lowest BCUT2D eigenvalue weighted by molar-refractivity contribution is -0.144. The minimum absolute atomic E-state index is 0.0248. The van der Waals surface area contributed by atoms with Crippen molar-refractivity contribution in [3.05, 3.63) is 81.3 Å². The molecule has 1 aromatic heterocycles. The lowest BCUT2D eigenvalue weighted by atomic mass is 9.91. The number of benzene rings is 2. The second-order valence-electron chi connectivity index (χ2n) is 15.5. The maximum absolute atomic E-state index is 15.0. The number of thiazole rings is 1. The quantitative estimate of drug-likeness (QED) is 0.0901. The smallest absolute Gasteiger partial charge is 0.311 e. The molecular formula is C43H61N5O8S. The van der Waals surface area contributed by atoms with Crippen LogP contribution in [-0.4, -0.2) is 101 Å². The largest absolute Gasteiger partial charge is 0.508 e. The third-order valence-electron chi connectivity index (χ3n) is 11.0. The van der Waals surface area contributed by atoms with Crippen molar-refractivity contribution >= 4 is 35.0 Å². The number of aromatic hydroxyl groups is 1. The van der Waals surface area contributed by atoms with E-state index in [0.29, 0.717) is 30.0 Å². The van der Waals surface area contributed by atoms with Gasteiger partial charge in [-0.2, -0.15) is 0 Å². The number of nitrogens with one attached hydrogen (secondary N) is 2. The summed E-state index contributed by atoms with van der Waals surface area (Å²) in [7, 11) is 3.48. The molecule has 3 aromatic rings. The molecular weight excluding hydrogens is 747 g/mol. The van der Waals surface area contributed by atoms with Crippen molar-refractivity contribution in [1.82, 2.24) is 25.4 Å². The number of aromatic nitrogens is 1. The number of carboxylic acid groups (broad SMARTS) is 1. The van der Waals surface area contributed by atoms with E-state index >= 15 is 0 Å². The summed E-state index contributed by atoms with van der Waals surface area (Å²) in [6, 6.07) is 13.0. The highest BCUT2D eigenvalue weighted by atomic mass is 32.1. The Labute approximate surface area is 341 Å². The van der Waals surface area contributed by atoms with Gasteiger partial charge in [-0.3, -0.25) is 24.1 Å². The molecule has 1 aliphatic heterocycles. The first kappa shape index (κ1) is 45.3. The van der Waals surface area contributed by atoms with Crippen LogP contribution in [0.2, 0.25) is 0 Å². The third kappa shape index (κ3) is 12.6. The highest BCUT2D eigenvalue weighted by Crippen LogP contribution is 2.33. The van der Waals surface area contributed by atoms with Gasteiger partial charge < -0.3 is 35.2 Å². The summed E-state index contributed by atoms with van der Waals surface area (Å²) in [5.41, 5.74) is 2.32. The van der Waals surface area contributed by atoms with Crippen LogP contribution < -0.4 is 10.6 Å². The van der Waals surface area contributed by atoms with E-state index in [9.17, 15) is 29.4 Å². The molecule has 57 heavy (non-hydrogen) atoms. The van der Waals surface area contributed by atoms with Gasteiger partial charge in [0, 0.05) is 38.0 Å². The fraction of sp³-hybridized carbons (Fsp3) is 0.558. The van der Waals surface area contributed by atoms with E-state index in [-0.39, 0.29) is 66.9 Å². The molecule has 4 N–H and O–H groups in total. The van der Waals surface area contributed by atoms with E-state index < -0.39 is 29.9 Å². The number of rotatable bonds is 21. The highest BCUT2D eigenvalue weighted by molar-refractivity contribution is 7.09. The van der Waals surface area contributed by atoms with E-state index in [0.717, 1.165) is 36.9 Å². The van der Waals surface area contributed by atoms with Crippen molar-refractivity contribution in [2.75, 3.05) is 34.0 Å². The maximum Gasteiger partial charge on any atom is 0.311 e. The average molecular weight is 808 g/mol. The summed E-state index contributed by atoms with van der Waals surface area (Å²) >= 11 is 1.26. The molecule has 3 unspecified atom stereocenters. The molecule has 0 radical (unpaired) electrons. The molecule has 3 amide bonds. The third-order valence-corrected chi connectivity index (χ3v) is 12.0. The van der Waals surface area contributed by atoms with E-state index in [1.165, 1.54) is 30.6 Å². The van der Waals surface area contributed by atoms with Gasteiger partial charge in [0.25, 0.3) is 5.91 Å². The predicted octanol–water partition coefficient (Wildman–Crippen LogP) is 6.27. The lowest BCUT2D eigenvalue weighted by Crippen LogP contribution is -2.58. The van der Waals surface area contributed by atoms with E-state index in [2.05, 4.69) is 34.4 Å². The van der Waals surface area contributed by atoms with Crippen LogP contribution in [-0.2, 0) is 30.4 Å². The van der Waals surface area contributed by atoms with Crippen molar-refractivity contribution in [3.8, 4) is 5.75 Å². The number of ether oxygens (including phenoxy) is 2. The predicted molar refractivity (Wildman–Crippen MR) is 220 cm³/mol. The second kappa shape index (κ2) is 22.0. The van der Waals surface area contributed by atoms with Gasteiger partial charge in [0.05, 0.1) is 12.0 Å². The molecule has 14 heteroatoms. The minimum Gasteiger partial charge on any atom is -0.508 e.